The molecule has 0 fully saturated rings. The first-order valence-corrected chi connectivity index (χ1v) is 47.7. The Bertz CT molecular complexity index is 10300. The Balaban J connectivity index is 0.000000113. The zero-order valence-electron chi connectivity index (χ0n) is 77.4. The van der Waals surface area contributed by atoms with Crippen molar-refractivity contribution in [3.05, 3.63) is 507 Å². The largest absolute Gasteiger partial charge is 0.309 e. The van der Waals surface area contributed by atoms with E-state index < -0.39 is 0 Å². The molecule has 144 heavy (non-hydrogen) atoms. The van der Waals surface area contributed by atoms with Crippen molar-refractivity contribution in [3.63, 3.8) is 0 Å². The minimum Gasteiger partial charge on any atom is -0.309 e. The van der Waals surface area contributed by atoms with Crippen LogP contribution in [-0.4, -0.2) is 27.4 Å². The summed E-state index contributed by atoms with van der Waals surface area (Å²) < 4.78 is 13.5. The van der Waals surface area contributed by atoms with E-state index in [-0.39, 0.29) is 0 Å². The lowest BCUT2D eigenvalue weighted by Gasteiger charge is -2.13. The Morgan fingerprint density at radius 2 is 0.396 bits per heavy atom. The summed E-state index contributed by atoms with van der Waals surface area (Å²) in [6, 6.07) is 177. The lowest BCUT2D eigenvalue weighted by atomic mass is 9.96. The molecule has 27 aromatic rings. The van der Waals surface area contributed by atoms with Crippen LogP contribution in [0.3, 0.4) is 0 Å². The molecule has 0 amide bonds. The molecule has 6 heterocycles. The maximum Gasteiger partial charge on any atom is 0.101 e. The van der Waals surface area contributed by atoms with Gasteiger partial charge in [-0.3, -0.25) is 0 Å². The average Bonchev–Trinajstić information content (AvgIpc) is 1.59. The molecule has 6 aromatic heterocycles. The van der Waals surface area contributed by atoms with Crippen molar-refractivity contribution in [2.24, 2.45) is 0 Å². The van der Waals surface area contributed by atoms with Crippen molar-refractivity contribution in [2.45, 2.75) is 0 Å². The Hall–Kier alpha value is -20.6. The van der Waals surface area contributed by atoms with Crippen molar-refractivity contribution in [2.75, 3.05) is 0 Å². The van der Waals surface area contributed by atoms with E-state index >= 15 is 0 Å². The van der Waals surface area contributed by atoms with E-state index in [1.54, 1.807) is 0 Å². The van der Waals surface area contributed by atoms with Gasteiger partial charge in [0.1, 0.15) is 18.2 Å². The second-order valence-electron chi connectivity index (χ2n) is 36.0. The Morgan fingerprint density at radius 3 is 0.785 bits per heavy atom. The fourth-order valence-electron chi connectivity index (χ4n) is 21.8. The molecule has 0 unspecified atom stereocenters. The summed E-state index contributed by atoms with van der Waals surface area (Å²) >= 11 is 0. The van der Waals surface area contributed by atoms with Gasteiger partial charge in [-0.2, -0.15) is 31.6 Å². The first-order chi connectivity index (χ1) is 71.2. The third-order valence-corrected chi connectivity index (χ3v) is 28.1. The maximum atomic E-state index is 9.91. The van der Waals surface area contributed by atoms with Crippen LogP contribution in [0.1, 0.15) is 33.4 Å². The van der Waals surface area contributed by atoms with Crippen LogP contribution in [0.5, 0.6) is 0 Å². The highest BCUT2D eigenvalue weighted by Gasteiger charge is 2.26. The molecular weight excluding hydrogens is 1750 g/mol. The summed E-state index contributed by atoms with van der Waals surface area (Å²) in [6.45, 7) is 0. The van der Waals surface area contributed by atoms with E-state index in [4.69, 9.17) is 0 Å². The van der Waals surface area contributed by atoms with Gasteiger partial charge in [0.2, 0.25) is 0 Å². The lowest BCUT2D eigenvalue weighted by molar-refractivity contribution is 1.17. The van der Waals surface area contributed by atoms with E-state index in [2.05, 4.69) is 391 Å². The number of fused-ring (bicyclic) bond motifs is 18. The molecule has 12 heteroatoms. The van der Waals surface area contributed by atoms with Gasteiger partial charge in [0.25, 0.3) is 0 Å². The van der Waals surface area contributed by atoms with E-state index in [0.717, 1.165) is 210 Å². The van der Waals surface area contributed by atoms with Crippen molar-refractivity contribution in [1.82, 2.24) is 27.4 Å². The highest BCUT2D eigenvalue weighted by Crippen LogP contribution is 2.47. The van der Waals surface area contributed by atoms with Gasteiger partial charge in [-0.25, -0.2) is 0 Å². The standard InChI is InChI=1S/3C44H26N4/c45-27-29-10-7-14-34(24-29)47-41-20-5-2-15-36(41)38-18-9-17-35(44(38)47)32-13-8-12-30(25-32)31-22-23-43-39(26-31)37-16-3-6-21-42(37)48(43)40-19-4-1-11-33(40)28-46;45-27-29-19-22-34(23-20-29)47-41-17-5-2-12-36(41)38-15-8-14-35(44(38)47)32-11-7-10-30(25-32)31-21-24-43-39(26-31)37-13-3-6-18-42(37)48(43)40-16-4-1-9-33(40)28-46;45-27-29-20-22-42-38(24-29)37-17-9-16-35(44(37)47(42)34-13-2-1-3-14-34)32-12-8-11-30(25-32)31-21-23-43-39(26-31)36-15-5-7-19-41(36)48(43)40-18-6-4-10-33(40)28-46/h3*1-26H. The molecule has 0 aliphatic heterocycles. The number of para-hydroxylation sites is 12. The number of rotatable bonds is 12. The summed E-state index contributed by atoms with van der Waals surface area (Å²) in [6.07, 6.45) is 0. The fraction of sp³-hybridized carbons (Fsp3) is 0. The molecule has 0 spiro atoms. The summed E-state index contributed by atoms with van der Waals surface area (Å²) in [5.74, 6) is 0. The van der Waals surface area contributed by atoms with Gasteiger partial charge in [-0.1, -0.05) is 279 Å². The highest BCUT2D eigenvalue weighted by atomic mass is 15.0. The zero-order valence-corrected chi connectivity index (χ0v) is 77.4. The fourth-order valence-corrected chi connectivity index (χ4v) is 21.8. The van der Waals surface area contributed by atoms with Crippen molar-refractivity contribution >= 4 is 131 Å². The summed E-state index contributed by atoms with van der Waals surface area (Å²) in [4.78, 5) is 0. The van der Waals surface area contributed by atoms with Gasteiger partial charge in [0.15, 0.2) is 0 Å². The Kier molecular flexibility index (Phi) is 21.0. The number of nitrogens with zero attached hydrogens (tertiary/aromatic N) is 12. The van der Waals surface area contributed by atoms with E-state index in [9.17, 15) is 31.6 Å². The molecule has 0 saturated heterocycles. The SMILES string of the molecule is N#Cc1ccc(-n2c3ccccc3c3cccc(-c4cccc(-c5ccc6c(c5)c5ccccc5n6-c5ccccc5C#N)c4)c32)cc1.N#Cc1ccc2c(c1)c1cccc(-c3cccc(-c4ccc5c(c4)c4ccccc4n5-c4ccccc4C#N)c3)c1n2-c1ccccc1.N#Cc1cccc(-n2c3ccccc3c3cccc(-c4cccc(-c5ccc6c(c5)c5ccccc5n6-c5ccccc5C#N)c4)c32)c1. The van der Waals surface area contributed by atoms with Crippen LogP contribution in [0, 0.1) is 68.0 Å². The molecule has 0 saturated carbocycles. The summed E-state index contributed by atoms with van der Waals surface area (Å²) in [5.41, 5.74) is 36.1. The van der Waals surface area contributed by atoms with Crippen LogP contribution >= 0.6 is 0 Å². The first kappa shape index (κ1) is 85.1. The predicted molar refractivity (Wildman–Crippen MR) is 586 cm³/mol. The van der Waals surface area contributed by atoms with Crippen molar-refractivity contribution in [3.8, 4) is 137 Å². The van der Waals surface area contributed by atoms with Gasteiger partial charge in [0.05, 0.1) is 135 Å². The number of aromatic nitrogens is 6. The van der Waals surface area contributed by atoms with E-state index in [1.165, 1.54) is 21.5 Å². The van der Waals surface area contributed by atoms with E-state index in [0.29, 0.717) is 33.4 Å². The maximum absolute atomic E-state index is 9.91. The molecule has 0 radical (unpaired) electrons. The number of nitriles is 6. The van der Waals surface area contributed by atoms with Crippen molar-refractivity contribution < 1.29 is 0 Å². The van der Waals surface area contributed by atoms with Gasteiger partial charge in [0, 0.05) is 98.4 Å². The van der Waals surface area contributed by atoms with E-state index in [1.807, 2.05) is 146 Å². The number of hydrogen-bond acceptors (Lipinski definition) is 6. The van der Waals surface area contributed by atoms with Gasteiger partial charge >= 0.3 is 0 Å². The van der Waals surface area contributed by atoms with Crippen LogP contribution in [-0.2, 0) is 0 Å². The lowest BCUT2D eigenvalue weighted by Crippen LogP contribution is -1.97. The predicted octanol–water partition coefficient (Wildman–Crippen LogP) is 32.9. The normalized spacial score (nSPS) is 11.3. The summed E-state index contributed by atoms with van der Waals surface area (Å²) in [7, 11) is 0. The second kappa shape index (κ2) is 35.5. The second-order valence-corrected chi connectivity index (χ2v) is 36.0. The Morgan fingerprint density at radius 1 is 0.139 bits per heavy atom. The van der Waals surface area contributed by atoms with Crippen molar-refractivity contribution in [1.29, 1.82) is 31.6 Å². The smallest absolute Gasteiger partial charge is 0.101 e. The molecule has 12 nitrogen and oxygen atoms in total. The van der Waals surface area contributed by atoms with Crippen LogP contribution < -0.4 is 0 Å². The molecular formula is C132H78N12. The van der Waals surface area contributed by atoms with Crippen LogP contribution in [0.25, 0.3) is 232 Å². The number of benzene rings is 21. The monoisotopic (exact) mass is 1830 g/mol. The van der Waals surface area contributed by atoms with Crippen LogP contribution in [0.15, 0.2) is 473 Å². The van der Waals surface area contributed by atoms with Crippen LogP contribution in [0.2, 0.25) is 0 Å². The molecule has 27 rings (SSSR count). The quantitative estimate of drug-likeness (QED) is 0.118. The van der Waals surface area contributed by atoms with Crippen LogP contribution in [0.4, 0.5) is 0 Å². The Labute approximate surface area is 827 Å². The van der Waals surface area contributed by atoms with Gasteiger partial charge in [-0.05, 0) is 244 Å². The third kappa shape index (κ3) is 14.2. The third-order valence-electron chi connectivity index (χ3n) is 28.1. The molecule has 0 atom stereocenters. The molecule has 0 bridgehead atoms. The number of hydrogen-bond donors (Lipinski definition) is 0. The molecule has 666 valence electrons. The molecule has 0 aliphatic carbocycles. The molecule has 0 N–H and O–H groups in total. The first-order valence-electron chi connectivity index (χ1n) is 47.7. The van der Waals surface area contributed by atoms with Gasteiger partial charge in [-0.15, -0.1) is 0 Å². The van der Waals surface area contributed by atoms with Gasteiger partial charge < -0.3 is 27.4 Å². The highest BCUT2D eigenvalue weighted by molar-refractivity contribution is 6.19. The zero-order chi connectivity index (χ0) is 96.6. The minimum absolute atomic E-state index is 0.630. The molecule has 21 aromatic carbocycles. The molecule has 0 aliphatic rings. The topological polar surface area (TPSA) is 172 Å². The minimum atomic E-state index is 0.630. The average molecular weight is 1830 g/mol. The summed E-state index contributed by atoms with van der Waals surface area (Å²) in [5, 5.41) is 72.3.